The molecule has 0 spiro atoms. The highest BCUT2D eigenvalue weighted by atomic mass is 79.9. The molecule has 2 heterocycles. The first kappa shape index (κ1) is 17.1. The summed E-state index contributed by atoms with van der Waals surface area (Å²) in [6.07, 6.45) is -1.63. The number of H-pyrrole nitrogens is 1. The van der Waals surface area contributed by atoms with Gasteiger partial charge in [0, 0.05) is 6.20 Å². The topological polar surface area (TPSA) is 93.6 Å². The zero-order valence-corrected chi connectivity index (χ0v) is 14.5. The Morgan fingerprint density at radius 3 is 2.75 bits per heavy atom. The van der Waals surface area contributed by atoms with Gasteiger partial charge in [0.25, 0.3) is 5.56 Å². The lowest BCUT2D eigenvalue weighted by Gasteiger charge is -2.22. The molecule has 0 radical (unpaired) electrons. The van der Waals surface area contributed by atoms with Gasteiger partial charge in [-0.1, -0.05) is 30.3 Å². The van der Waals surface area contributed by atoms with E-state index in [-0.39, 0.29) is 11.1 Å². The largest absolute Gasteiger partial charge is 0.388 e. The van der Waals surface area contributed by atoms with E-state index in [1.807, 2.05) is 30.3 Å². The van der Waals surface area contributed by atoms with Gasteiger partial charge in [-0.15, -0.1) is 0 Å². The number of benzene rings is 1. The maximum Gasteiger partial charge on any atom is 0.330 e. The molecule has 8 heteroatoms. The van der Waals surface area contributed by atoms with Gasteiger partial charge in [0.2, 0.25) is 0 Å². The Labute approximate surface area is 146 Å². The van der Waals surface area contributed by atoms with Crippen molar-refractivity contribution in [1.82, 2.24) is 9.55 Å². The van der Waals surface area contributed by atoms with E-state index in [2.05, 4.69) is 20.9 Å². The highest BCUT2D eigenvalue weighted by Gasteiger charge is 2.44. The van der Waals surface area contributed by atoms with Crippen molar-refractivity contribution >= 4 is 15.9 Å². The molecule has 7 nitrogen and oxygen atoms in total. The van der Waals surface area contributed by atoms with Crippen LogP contribution in [0.15, 0.2) is 50.6 Å². The molecule has 2 aromatic rings. The second-order valence-electron chi connectivity index (χ2n) is 5.63. The highest BCUT2D eigenvalue weighted by Crippen LogP contribution is 2.31. The lowest BCUT2D eigenvalue weighted by atomic mass is 10.1. The lowest BCUT2D eigenvalue weighted by Crippen LogP contribution is -2.39. The first-order valence-corrected chi connectivity index (χ1v) is 8.26. The summed E-state index contributed by atoms with van der Waals surface area (Å²) in [5, 5.41) is 10.3. The van der Waals surface area contributed by atoms with Gasteiger partial charge in [0.05, 0.1) is 17.2 Å². The van der Waals surface area contributed by atoms with Crippen molar-refractivity contribution in [2.45, 2.75) is 38.1 Å². The molecule has 0 aliphatic carbocycles. The first-order valence-electron chi connectivity index (χ1n) is 7.47. The maximum atomic E-state index is 12.1. The fourth-order valence-electron chi connectivity index (χ4n) is 2.63. The van der Waals surface area contributed by atoms with Gasteiger partial charge in [-0.05, 0) is 28.4 Å². The van der Waals surface area contributed by atoms with Crippen LogP contribution >= 0.6 is 15.9 Å². The summed E-state index contributed by atoms with van der Waals surface area (Å²) in [7, 11) is 0. The van der Waals surface area contributed by atoms with E-state index >= 15 is 0 Å². The molecule has 1 aromatic carbocycles. The van der Waals surface area contributed by atoms with E-state index in [0.717, 1.165) is 5.56 Å². The molecule has 2 N–H and O–H groups in total. The molecule has 3 rings (SSSR count). The Hall–Kier alpha value is -1.74. The number of aliphatic hydroxyl groups is 1. The van der Waals surface area contributed by atoms with Crippen LogP contribution in [0.3, 0.4) is 0 Å². The molecule has 0 unspecified atom stereocenters. The number of nitrogens with zero attached hydrogens (tertiary/aromatic N) is 1. The van der Waals surface area contributed by atoms with Crippen molar-refractivity contribution in [2.24, 2.45) is 0 Å². The fourth-order valence-corrected chi connectivity index (χ4v) is 2.95. The lowest BCUT2D eigenvalue weighted by molar-refractivity contribution is -0.0763. The monoisotopic (exact) mass is 396 g/mol. The van der Waals surface area contributed by atoms with Crippen molar-refractivity contribution in [3.8, 4) is 0 Å². The number of ether oxygens (including phenoxy) is 2. The minimum absolute atomic E-state index is 0.196. The molecule has 1 aliphatic rings. The van der Waals surface area contributed by atoms with Gasteiger partial charge >= 0.3 is 5.69 Å². The van der Waals surface area contributed by atoms with Crippen LogP contribution in [0.1, 0.15) is 18.7 Å². The van der Waals surface area contributed by atoms with Gasteiger partial charge in [-0.3, -0.25) is 14.3 Å². The molecule has 1 aliphatic heterocycles. The van der Waals surface area contributed by atoms with Gasteiger partial charge in [0.15, 0.2) is 6.23 Å². The Balaban J connectivity index is 1.87. The zero-order valence-electron chi connectivity index (χ0n) is 12.9. The van der Waals surface area contributed by atoms with Gasteiger partial charge in [0.1, 0.15) is 12.2 Å². The number of rotatable bonds is 4. The van der Waals surface area contributed by atoms with Gasteiger partial charge in [-0.25, -0.2) is 4.79 Å². The van der Waals surface area contributed by atoms with E-state index in [1.165, 1.54) is 10.8 Å². The quantitative estimate of drug-likeness (QED) is 0.808. The maximum absolute atomic E-state index is 12.1. The third-order valence-electron chi connectivity index (χ3n) is 3.94. The minimum atomic E-state index is -0.892. The molecule has 0 amide bonds. The van der Waals surface area contributed by atoms with Crippen LogP contribution in [-0.2, 0) is 16.1 Å². The number of aromatic amines is 1. The third-order valence-corrected chi connectivity index (χ3v) is 4.50. The van der Waals surface area contributed by atoms with Crippen LogP contribution in [0, 0.1) is 0 Å². The predicted octanol–water partition coefficient (Wildman–Crippen LogP) is 1.16. The van der Waals surface area contributed by atoms with E-state index in [9.17, 15) is 14.7 Å². The van der Waals surface area contributed by atoms with E-state index in [1.54, 1.807) is 6.92 Å². The fraction of sp³-hybridized carbons (Fsp3) is 0.375. The SMILES string of the molecule is C[C@H]1O[C@@H](n2cc(Br)c(=O)[nH]c2=O)[C@H](OCc2ccccc2)[C@@H]1O. The molecular formula is C16H17BrN2O5. The van der Waals surface area contributed by atoms with Crippen molar-refractivity contribution < 1.29 is 14.6 Å². The number of hydrogen-bond donors (Lipinski definition) is 2. The van der Waals surface area contributed by atoms with Crippen LogP contribution in [0.5, 0.6) is 0 Å². The number of aromatic nitrogens is 2. The van der Waals surface area contributed by atoms with E-state index in [0.29, 0.717) is 0 Å². The summed E-state index contributed by atoms with van der Waals surface area (Å²) in [5.41, 5.74) is -0.203. The normalized spacial score (nSPS) is 26.6. The van der Waals surface area contributed by atoms with Crippen LogP contribution < -0.4 is 11.2 Å². The Kier molecular flexibility index (Phi) is 5.00. The second kappa shape index (κ2) is 7.02. The standard InChI is InChI=1S/C16H17BrN2O5/c1-9-12(20)13(23-8-10-5-3-2-4-6-10)15(24-9)19-7-11(17)14(21)18-16(19)22/h2-7,9,12-13,15,20H,8H2,1H3,(H,18,21,22)/t9-,12-,13-,15-/m1/s1. The molecular weight excluding hydrogens is 380 g/mol. The van der Waals surface area contributed by atoms with Gasteiger partial charge in [-0.2, -0.15) is 0 Å². The summed E-state index contributed by atoms with van der Waals surface area (Å²) in [5.74, 6) is 0. The van der Waals surface area contributed by atoms with Crippen molar-refractivity contribution in [1.29, 1.82) is 0 Å². The molecule has 4 atom stereocenters. The summed E-state index contributed by atoms with van der Waals surface area (Å²) < 4.78 is 12.9. The number of aliphatic hydroxyl groups excluding tert-OH is 1. The molecule has 1 aromatic heterocycles. The Bertz CT molecular complexity index is 819. The highest BCUT2D eigenvalue weighted by molar-refractivity contribution is 9.10. The van der Waals surface area contributed by atoms with Crippen molar-refractivity contribution in [2.75, 3.05) is 0 Å². The first-order chi connectivity index (χ1) is 11.5. The summed E-state index contributed by atoms with van der Waals surface area (Å²) in [6.45, 7) is 1.98. The van der Waals surface area contributed by atoms with Crippen LogP contribution in [0.2, 0.25) is 0 Å². The third kappa shape index (κ3) is 3.36. The molecule has 24 heavy (non-hydrogen) atoms. The number of nitrogens with one attached hydrogen (secondary N) is 1. The molecule has 1 fully saturated rings. The van der Waals surface area contributed by atoms with Crippen LogP contribution in [0.4, 0.5) is 0 Å². The predicted molar refractivity (Wildman–Crippen MR) is 89.6 cm³/mol. The molecule has 0 bridgehead atoms. The average molecular weight is 397 g/mol. The van der Waals surface area contributed by atoms with Crippen LogP contribution in [0.25, 0.3) is 0 Å². The minimum Gasteiger partial charge on any atom is -0.388 e. The second-order valence-corrected chi connectivity index (χ2v) is 6.48. The number of halogens is 1. The van der Waals surface area contributed by atoms with Crippen molar-refractivity contribution in [3.63, 3.8) is 0 Å². The Morgan fingerprint density at radius 2 is 2.04 bits per heavy atom. The molecule has 0 saturated carbocycles. The summed E-state index contributed by atoms with van der Waals surface area (Å²) >= 11 is 3.09. The van der Waals surface area contributed by atoms with Gasteiger partial charge < -0.3 is 14.6 Å². The summed E-state index contributed by atoms with van der Waals surface area (Å²) in [6, 6.07) is 9.50. The molecule has 1 saturated heterocycles. The van der Waals surface area contributed by atoms with Crippen molar-refractivity contribution in [3.05, 3.63) is 67.4 Å². The smallest absolute Gasteiger partial charge is 0.330 e. The average Bonchev–Trinajstić information content (AvgIpc) is 2.85. The number of hydrogen-bond acceptors (Lipinski definition) is 5. The van der Waals surface area contributed by atoms with E-state index in [4.69, 9.17) is 9.47 Å². The van der Waals surface area contributed by atoms with E-state index < -0.39 is 35.8 Å². The summed E-state index contributed by atoms with van der Waals surface area (Å²) in [4.78, 5) is 25.8. The van der Waals surface area contributed by atoms with Crippen LogP contribution in [-0.4, -0.2) is 33.0 Å². The Morgan fingerprint density at radius 1 is 1.33 bits per heavy atom. The zero-order chi connectivity index (χ0) is 17.3. The molecule has 128 valence electrons.